The molecule has 0 radical (unpaired) electrons. The largest absolute Gasteiger partial charge is 0.480 e. The molecule has 0 saturated carbocycles. The maximum absolute atomic E-state index is 11.8. The molecule has 0 aliphatic rings. The highest BCUT2D eigenvalue weighted by Gasteiger charge is 2.39. The number of Topliss-reactive ketones (excluding diaryl/α,β-unsaturated/α-hetero) is 1. The predicted octanol–water partition coefficient (Wildman–Crippen LogP) is 3.97. The van der Waals surface area contributed by atoms with Crippen LogP contribution in [-0.2, 0) is 9.59 Å². The van der Waals surface area contributed by atoms with Crippen molar-refractivity contribution in [1.29, 1.82) is 0 Å². The fourth-order valence-electron chi connectivity index (χ4n) is 2.45. The maximum atomic E-state index is 11.8. The number of thiol groups is 1. The molecule has 0 saturated heterocycles. The maximum Gasteiger partial charge on any atom is 0.332 e. The molecule has 0 aromatic rings. The number of carbonyl (C=O) groups excluding carboxylic acids is 1. The molecule has 0 amide bonds. The molecule has 0 rings (SSSR count). The number of carboxylic acid groups (broad SMARTS) is 1. The zero-order chi connectivity index (χ0) is 16.8. The Bertz CT molecular complexity index is 323. The van der Waals surface area contributed by atoms with Gasteiger partial charge in [0.05, 0.1) is 0 Å². The fourth-order valence-corrected chi connectivity index (χ4v) is 2.76. The van der Waals surface area contributed by atoms with Gasteiger partial charge in [0.15, 0.2) is 11.3 Å². The fraction of sp³-hybridized carbons (Fsp3) is 0.882. The van der Waals surface area contributed by atoms with Crippen molar-refractivity contribution in [2.24, 2.45) is 5.73 Å². The quantitative estimate of drug-likeness (QED) is 0.241. The highest BCUT2D eigenvalue weighted by atomic mass is 32.1. The van der Waals surface area contributed by atoms with Crippen molar-refractivity contribution in [3.8, 4) is 0 Å². The number of hydrogen-bond donors (Lipinski definition) is 3. The summed E-state index contributed by atoms with van der Waals surface area (Å²) in [4.78, 5) is 22.8. The highest BCUT2D eigenvalue weighted by Crippen LogP contribution is 2.14. The first-order valence-corrected chi connectivity index (χ1v) is 9.28. The number of unbranched alkanes of at least 4 members (excludes halogenated alkanes) is 10. The Morgan fingerprint density at radius 3 is 1.68 bits per heavy atom. The summed E-state index contributed by atoms with van der Waals surface area (Å²) in [7, 11) is 0. The number of nitrogens with two attached hydrogens (primary N) is 1. The number of aliphatic carboxylic acids is 1. The van der Waals surface area contributed by atoms with Crippen LogP contribution in [0.4, 0.5) is 0 Å². The summed E-state index contributed by atoms with van der Waals surface area (Å²) in [5, 5.41) is 8.99. The molecule has 0 heterocycles. The van der Waals surface area contributed by atoms with Crippen LogP contribution < -0.4 is 5.73 Å². The van der Waals surface area contributed by atoms with E-state index >= 15 is 0 Å². The third kappa shape index (κ3) is 8.79. The molecule has 1 atom stereocenters. The van der Waals surface area contributed by atoms with Crippen LogP contribution in [0, 0.1) is 0 Å². The molecule has 130 valence electrons. The number of rotatable bonds is 15. The van der Waals surface area contributed by atoms with Gasteiger partial charge < -0.3 is 10.8 Å². The van der Waals surface area contributed by atoms with Gasteiger partial charge in [-0.25, -0.2) is 4.79 Å². The summed E-state index contributed by atoms with van der Waals surface area (Å²) in [6, 6.07) is 0. The van der Waals surface area contributed by atoms with Crippen molar-refractivity contribution < 1.29 is 14.7 Å². The molecule has 0 aliphatic heterocycles. The van der Waals surface area contributed by atoms with Crippen LogP contribution in [0.5, 0.6) is 0 Å². The van der Waals surface area contributed by atoms with Crippen LogP contribution in [-0.4, -0.2) is 28.2 Å². The highest BCUT2D eigenvalue weighted by molar-refractivity contribution is 7.80. The Kier molecular flexibility index (Phi) is 12.6. The first-order valence-electron chi connectivity index (χ1n) is 8.65. The molecule has 4 nitrogen and oxygen atoms in total. The lowest BCUT2D eigenvalue weighted by molar-refractivity contribution is -0.147. The van der Waals surface area contributed by atoms with Gasteiger partial charge in [0.1, 0.15) is 0 Å². The Labute approximate surface area is 140 Å². The van der Waals surface area contributed by atoms with Crippen LogP contribution in [0.15, 0.2) is 0 Å². The van der Waals surface area contributed by atoms with E-state index in [1.165, 1.54) is 51.4 Å². The molecule has 0 fully saturated rings. The Balaban J connectivity index is 3.54. The lowest BCUT2D eigenvalue weighted by atomic mass is 9.93. The van der Waals surface area contributed by atoms with E-state index in [9.17, 15) is 9.59 Å². The first-order chi connectivity index (χ1) is 10.5. The van der Waals surface area contributed by atoms with Gasteiger partial charge in [-0.2, -0.15) is 12.6 Å². The van der Waals surface area contributed by atoms with E-state index < -0.39 is 17.3 Å². The monoisotopic (exact) mass is 331 g/mol. The molecule has 0 aromatic heterocycles. The third-order valence-corrected chi connectivity index (χ3v) is 4.63. The standard InChI is InChI=1S/C17H33NO3S/c1-2-3-4-5-6-7-8-9-10-11-12-13-15(19)17(18,14-22)16(20)21/h22H,2-14,18H2,1H3,(H,20,21)/t17-/m0/s1. The summed E-state index contributed by atoms with van der Waals surface area (Å²) in [6.45, 7) is 2.23. The number of ketones is 1. The van der Waals surface area contributed by atoms with Gasteiger partial charge in [0.25, 0.3) is 0 Å². The Morgan fingerprint density at radius 2 is 1.32 bits per heavy atom. The van der Waals surface area contributed by atoms with Gasteiger partial charge in [-0.1, -0.05) is 71.1 Å². The first kappa shape index (κ1) is 21.4. The summed E-state index contributed by atoms with van der Waals surface area (Å²) in [5.74, 6) is -1.85. The van der Waals surface area contributed by atoms with E-state index in [4.69, 9.17) is 10.8 Å². The minimum absolute atomic E-state index is 0.154. The predicted molar refractivity (Wildman–Crippen MR) is 94.5 cm³/mol. The zero-order valence-electron chi connectivity index (χ0n) is 14.0. The lowest BCUT2D eigenvalue weighted by Crippen LogP contribution is -2.56. The van der Waals surface area contributed by atoms with Gasteiger partial charge >= 0.3 is 5.97 Å². The van der Waals surface area contributed by atoms with Gasteiger partial charge in [-0.15, -0.1) is 0 Å². The van der Waals surface area contributed by atoms with Crippen LogP contribution in [0.3, 0.4) is 0 Å². The Hall–Kier alpha value is -0.550. The van der Waals surface area contributed by atoms with E-state index in [0.717, 1.165) is 19.3 Å². The Morgan fingerprint density at radius 1 is 0.909 bits per heavy atom. The minimum Gasteiger partial charge on any atom is -0.480 e. The molecule has 5 heteroatoms. The smallest absolute Gasteiger partial charge is 0.332 e. The van der Waals surface area contributed by atoms with Crippen molar-refractivity contribution in [1.82, 2.24) is 0 Å². The number of carbonyl (C=O) groups is 2. The van der Waals surface area contributed by atoms with Crippen LogP contribution >= 0.6 is 12.6 Å². The van der Waals surface area contributed by atoms with Crippen molar-refractivity contribution >= 4 is 24.4 Å². The molecule has 22 heavy (non-hydrogen) atoms. The van der Waals surface area contributed by atoms with Gasteiger partial charge in [0, 0.05) is 12.2 Å². The van der Waals surface area contributed by atoms with Crippen molar-refractivity contribution in [3.63, 3.8) is 0 Å². The molecule has 3 N–H and O–H groups in total. The molecule has 0 aromatic carbocycles. The van der Waals surface area contributed by atoms with Crippen molar-refractivity contribution in [2.75, 3.05) is 5.75 Å². The second kappa shape index (κ2) is 12.9. The second-order valence-corrected chi connectivity index (χ2v) is 6.46. The summed E-state index contributed by atoms with van der Waals surface area (Å²) < 4.78 is 0. The van der Waals surface area contributed by atoms with Crippen LogP contribution in [0.25, 0.3) is 0 Å². The topological polar surface area (TPSA) is 80.4 Å². The molecule has 0 bridgehead atoms. The van der Waals surface area contributed by atoms with E-state index in [1.807, 2.05) is 0 Å². The molecule has 0 spiro atoms. The second-order valence-electron chi connectivity index (χ2n) is 6.14. The molecule has 0 aliphatic carbocycles. The average molecular weight is 332 g/mol. The van der Waals surface area contributed by atoms with E-state index in [-0.39, 0.29) is 12.2 Å². The zero-order valence-corrected chi connectivity index (χ0v) is 14.9. The lowest BCUT2D eigenvalue weighted by Gasteiger charge is -2.20. The average Bonchev–Trinajstić information content (AvgIpc) is 2.51. The number of carboxylic acids is 1. The van der Waals surface area contributed by atoms with Gasteiger partial charge in [-0.3, -0.25) is 4.79 Å². The number of hydrogen-bond acceptors (Lipinski definition) is 4. The van der Waals surface area contributed by atoms with Crippen LogP contribution in [0.2, 0.25) is 0 Å². The van der Waals surface area contributed by atoms with E-state index in [1.54, 1.807) is 0 Å². The van der Waals surface area contributed by atoms with E-state index in [2.05, 4.69) is 19.6 Å². The van der Waals surface area contributed by atoms with Gasteiger partial charge in [-0.05, 0) is 6.42 Å². The summed E-state index contributed by atoms with van der Waals surface area (Å²) in [6.07, 6.45) is 13.4. The molecule has 0 unspecified atom stereocenters. The summed E-state index contributed by atoms with van der Waals surface area (Å²) in [5.41, 5.74) is 3.77. The molecular weight excluding hydrogens is 298 g/mol. The SMILES string of the molecule is CCCCCCCCCCCCCC(=O)[C@@](N)(CS)C(=O)O. The van der Waals surface area contributed by atoms with Gasteiger partial charge in [0.2, 0.25) is 0 Å². The minimum atomic E-state index is -1.82. The molecular formula is C17H33NO3S. The normalized spacial score (nSPS) is 13.8. The third-order valence-electron chi connectivity index (χ3n) is 4.14. The van der Waals surface area contributed by atoms with Crippen molar-refractivity contribution in [3.05, 3.63) is 0 Å². The summed E-state index contributed by atoms with van der Waals surface area (Å²) >= 11 is 3.89. The van der Waals surface area contributed by atoms with E-state index in [0.29, 0.717) is 0 Å². The van der Waals surface area contributed by atoms with Crippen LogP contribution in [0.1, 0.15) is 84.0 Å². The van der Waals surface area contributed by atoms with Crippen molar-refractivity contribution in [2.45, 2.75) is 89.5 Å².